The molecule has 1 aliphatic heterocycles. The first kappa shape index (κ1) is 10.5. The molecule has 3 rings (SSSR count). The lowest BCUT2D eigenvalue weighted by atomic mass is 9.84. The molecule has 0 N–H and O–H groups in total. The Morgan fingerprint density at radius 3 is 2.82 bits per heavy atom. The number of halogens is 1. The predicted octanol–water partition coefficient (Wildman–Crippen LogP) is 2.74. The lowest BCUT2D eigenvalue weighted by molar-refractivity contribution is -0.128. The number of rotatable bonds is 0. The third-order valence-electron chi connectivity index (χ3n) is 3.74. The summed E-state index contributed by atoms with van der Waals surface area (Å²) in [6, 6.07) is 4.99. The number of aryl methyl sites for hydroxylation is 1. The average molecular weight is 231 g/mol. The molecule has 0 spiro atoms. The fraction of sp³-hybridized carbons (Fsp3) is 0.357. The maximum Gasteiger partial charge on any atom is 0.226 e. The molecule has 17 heavy (non-hydrogen) atoms. The number of benzene rings is 1. The molecule has 1 heterocycles. The maximum atomic E-state index is 13.3. The van der Waals surface area contributed by atoms with Crippen molar-refractivity contribution in [2.75, 3.05) is 7.05 Å². The van der Waals surface area contributed by atoms with E-state index in [0.717, 1.165) is 36.1 Å². The third kappa shape index (κ3) is 1.57. The van der Waals surface area contributed by atoms with Gasteiger partial charge in [0.2, 0.25) is 5.91 Å². The molecule has 0 saturated carbocycles. The summed E-state index contributed by atoms with van der Waals surface area (Å²) in [4.78, 5) is 13.4. The minimum atomic E-state index is -0.197. The van der Waals surface area contributed by atoms with E-state index in [1.807, 2.05) is 13.1 Å². The number of amides is 1. The van der Waals surface area contributed by atoms with E-state index in [0.29, 0.717) is 6.42 Å². The summed E-state index contributed by atoms with van der Waals surface area (Å²) in [5.74, 6) is -0.0272. The first-order valence-corrected chi connectivity index (χ1v) is 5.94. The Kier molecular flexibility index (Phi) is 2.28. The zero-order chi connectivity index (χ0) is 12.0. The van der Waals surface area contributed by atoms with Gasteiger partial charge in [-0.1, -0.05) is 6.07 Å². The quantitative estimate of drug-likeness (QED) is 0.672. The summed E-state index contributed by atoms with van der Waals surface area (Å²) in [5.41, 5.74) is 4.45. The molecule has 2 aliphatic rings. The standard InChI is InChI=1S/C14H14FNO/c1-16-13-6-3-9-2-4-10(15)8-12(9)11(13)5-7-14(16)17/h2,4,8H,3,5-7H2,1H3. The highest BCUT2D eigenvalue weighted by molar-refractivity contribution is 5.87. The van der Waals surface area contributed by atoms with Gasteiger partial charge in [0.15, 0.2) is 0 Å². The molecule has 2 nitrogen and oxygen atoms in total. The zero-order valence-electron chi connectivity index (χ0n) is 9.79. The largest absolute Gasteiger partial charge is 0.319 e. The van der Waals surface area contributed by atoms with Crippen molar-refractivity contribution in [2.45, 2.75) is 25.7 Å². The van der Waals surface area contributed by atoms with Gasteiger partial charge in [0.25, 0.3) is 0 Å². The van der Waals surface area contributed by atoms with Crippen LogP contribution in [0, 0.1) is 5.82 Å². The second-order valence-electron chi connectivity index (χ2n) is 4.68. The molecule has 3 heteroatoms. The molecule has 0 saturated heterocycles. The normalized spacial score (nSPS) is 19.2. The number of carbonyl (C=O) groups is 1. The van der Waals surface area contributed by atoms with Crippen molar-refractivity contribution in [2.24, 2.45) is 0 Å². The van der Waals surface area contributed by atoms with Crippen LogP contribution in [0.3, 0.4) is 0 Å². The van der Waals surface area contributed by atoms with Crippen molar-refractivity contribution in [1.82, 2.24) is 4.90 Å². The van der Waals surface area contributed by atoms with E-state index in [1.54, 1.807) is 11.0 Å². The van der Waals surface area contributed by atoms with Gasteiger partial charge < -0.3 is 4.90 Å². The van der Waals surface area contributed by atoms with Crippen LogP contribution in [0.2, 0.25) is 0 Å². The Morgan fingerprint density at radius 1 is 1.18 bits per heavy atom. The van der Waals surface area contributed by atoms with Crippen molar-refractivity contribution in [3.05, 3.63) is 40.8 Å². The smallest absolute Gasteiger partial charge is 0.226 e. The van der Waals surface area contributed by atoms with Crippen LogP contribution in [-0.2, 0) is 11.2 Å². The van der Waals surface area contributed by atoms with E-state index in [2.05, 4.69) is 0 Å². The van der Waals surface area contributed by atoms with E-state index >= 15 is 0 Å². The molecule has 1 aromatic rings. The molecule has 0 aromatic heterocycles. The van der Waals surface area contributed by atoms with Gasteiger partial charge in [-0.05, 0) is 48.1 Å². The highest BCUT2D eigenvalue weighted by Crippen LogP contribution is 2.38. The van der Waals surface area contributed by atoms with Crippen LogP contribution in [0.1, 0.15) is 30.4 Å². The van der Waals surface area contributed by atoms with Crippen LogP contribution in [0.25, 0.3) is 5.57 Å². The summed E-state index contributed by atoms with van der Waals surface area (Å²) >= 11 is 0. The Labute approximate surface area is 99.7 Å². The Bertz CT molecular complexity index is 533. The molecule has 1 amide bonds. The highest BCUT2D eigenvalue weighted by atomic mass is 19.1. The first-order valence-electron chi connectivity index (χ1n) is 5.94. The van der Waals surface area contributed by atoms with Gasteiger partial charge in [-0.2, -0.15) is 0 Å². The fourth-order valence-electron chi connectivity index (χ4n) is 2.81. The van der Waals surface area contributed by atoms with Gasteiger partial charge in [-0.25, -0.2) is 4.39 Å². The summed E-state index contributed by atoms with van der Waals surface area (Å²) in [5, 5.41) is 0. The molecule has 1 aromatic carbocycles. The summed E-state index contributed by atoms with van der Waals surface area (Å²) in [6.45, 7) is 0. The molecule has 1 aliphatic carbocycles. The van der Waals surface area contributed by atoms with Gasteiger partial charge in [-0.3, -0.25) is 4.79 Å². The van der Waals surface area contributed by atoms with E-state index in [-0.39, 0.29) is 11.7 Å². The van der Waals surface area contributed by atoms with Crippen LogP contribution >= 0.6 is 0 Å². The average Bonchev–Trinajstić information content (AvgIpc) is 2.33. The predicted molar refractivity (Wildman–Crippen MR) is 63.6 cm³/mol. The summed E-state index contributed by atoms with van der Waals surface area (Å²) < 4.78 is 13.3. The van der Waals surface area contributed by atoms with Gasteiger partial charge >= 0.3 is 0 Å². The van der Waals surface area contributed by atoms with Crippen molar-refractivity contribution < 1.29 is 9.18 Å². The second kappa shape index (κ2) is 3.69. The number of hydrogen-bond donors (Lipinski definition) is 0. The van der Waals surface area contributed by atoms with Gasteiger partial charge in [-0.15, -0.1) is 0 Å². The summed E-state index contributed by atoms with van der Waals surface area (Å²) in [7, 11) is 1.82. The van der Waals surface area contributed by atoms with E-state index < -0.39 is 0 Å². The van der Waals surface area contributed by atoms with E-state index in [4.69, 9.17) is 0 Å². The molecule has 0 radical (unpaired) electrons. The Morgan fingerprint density at radius 2 is 2.00 bits per heavy atom. The van der Waals surface area contributed by atoms with Crippen LogP contribution in [-0.4, -0.2) is 17.9 Å². The minimum Gasteiger partial charge on any atom is -0.319 e. The van der Waals surface area contributed by atoms with E-state index in [9.17, 15) is 9.18 Å². The van der Waals surface area contributed by atoms with Crippen LogP contribution in [0.5, 0.6) is 0 Å². The molecule has 0 atom stereocenters. The molecular formula is C14H14FNO. The lowest BCUT2D eigenvalue weighted by Gasteiger charge is -2.33. The zero-order valence-corrected chi connectivity index (χ0v) is 9.79. The van der Waals surface area contributed by atoms with Crippen LogP contribution < -0.4 is 0 Å². The SMILES string of the molecule is CN1C(=O)CCC2=C1CCc1ccc(F)cc12. The minimum absolute atomic E-state index is 0.170. The van der Waals surface area contributed by atoms with E-state index in [1.165, 1.54) is 11.6 Å². The van der Waals surface area contributed by atoms with Gasteiger partial charge in [0.1, 0.15) is 5.82 Å². The van der Waals surface area contributed by atoms with Crippen molar-refractivity contribution in [3.8, 4) is 0 Å². The van der Waals surface area contributed by atoms with Crippen LogP contribution in [0.15, 0.2) is 23.9 Å². The molecule has 0 bridgehead atoms. The number of carbonyl (C=O) groups excluding carboxylic acids is 1. The van der Waals surface area contributed by atoms with Crippen LogP contribution in [0.4, 0.5) is 4.39 Å². The monoisotopic (exact) mass is 231 g/mol. The second-order valence-corrected chi connectivity index (χ2v) is 4.68. The molecular weight excluding hydrogens is 217 g/mol. The first-order chi connectivity index (χ1) is 8.16. The van der Waals surface area contributed by atoms with Gasteiger partial charge in [0, 0.05) is 19.2 Å². The van der Waals surface area contributed by atoms with Crippen molar-refractivity contribution >= 4 is 11.5 Å². The Balaban J connectivity index is 2.16. The number of fused-ring (bicyclic) bond motifs is 2. The lowest BCUT2D eigenvalue weighted by Crippen LogP contribution is -2.32. The Hall–Kier alpha value is -1.64. The number of allylic oxidation sites excluding steroid dienone is 2. The van der Waals surface area contributed by atoms with Gasteiger partial charge in [0.05, 0.1) is 0 Å². The maximum absolute atomic E-state index is 13.3. The number of hydrogen-bond acceptors (Lipinski definition) is 1. The third-order valence-corrected chi connectivity index (χ3v) is 3.74. The fourth-order valence-corrected chi connectivity index (χ4v) is 2.81. The topological polar surface area (TPSA) is 20.3 Å². The van der Waals surface area contributed by atoms with Crippen molar-refractivity contribution in [3.63, 3.8) is 0 Å². The highest BCUT2D eigenvalue weighted by Gasteiger charge is 2.28. The number of nitrogens with zero attached hydrogens (tertiary/aromatic N) is 1. The summed E-state index contributed by atoms with van der Waals surface area (Å²) in [6.07, 6.45) is 3.06. The molecule has 88 valence electrons. The van der Waals surface area contributed by atoms with Crippen molar-refractivity contribution in [1.29, 1.82) is 0 Å². The molecule has 0 fully saturated rings. The molecule has 0 unspecified atom stereocenters.